The molecule has 2 aromatic rings. The Morgan fingerprint density at radius 1 is 1.18 bits per heavy atom. The Kier molecular flexibility index (Phi) is 9.18. The Bertz CT molecular complexity index is 1330. The molecule has 11 nitrogen and oxygen atoms in total. The van der Waals surface area contributed by atoms with Crippen molar-refractivity contribution in [3.63, 3.8) is 0 Å². The highest BCUT2D eigenvalue weighted by molar-refractivity contribution is 7.89. The summed E-state index contributed by atoms with van der Waals surface area (Å²) < 4.78 is 26.7. The first-order chi connectivity index (χ1) is 18.6. The Morgan fingerprint density at radius 3 is 2.72 bits per heavy atom. The number of benzene rings is 1. The number of rotatable bonds is 12. The number of nitrogens with zero attached hydrogens (tertiary/aromatic N) is 2. The van der Waals surface area contributed by atoms with Crippen molar-refractivity contribution >= 4 is 33.6 Å². The van der Waals surface area contributed by atoms with Gasteiger partial charge in [-0.1, -0.05) is 18.2 Å². The zero-order valence-electron chi connectivity index (χ0n) is 22.0. The fourth-order valence-corrected chi connectivity index (χ4v) is 6.25. The largest absolute Gasteiger partial charge is 0.480 e. The van der Waals surface area contributed by atoms with Crippen molar-refractivity contribution in [3.8, 4) is 0 Å². The number of sulfonamides is 1. The van der Waals surface area contributed by atoms with Gasteiger partial charge in [0.2, 0.25) is 21.8 Å². The van der Waals surface area contributed by atoms with Crippen LogP contribution in [0.3, 0.4) is 0 Å². The number of carboxylic acids is 1. The average molecular weight is 558 g/mol. The molecular weight excluding hydrogens is 522 g/mol. The third kappa shape index (κ3) is 7.33. The van der Waals surface area contributed by atoms with Gasteiger partial charge in [-0.05, 0) is 68.4 Å². The van der Waals surface area contributed by atoms with Gasteiger partial charge in [0, 0.05) is 38.3 Å². The molecule has 1 atom stereocenters. The summed E-state index contributed by atoms with van der Waals surface area (Å²) in [6.45, 7) is 2.40. The summed E-state index contributed by atoms with van der Waals surface area (Å²) in [6.07, 6.45) is 4.50. The Morgan fingerprint density at radius 2 is 1.97 bits per heavy atom. The van der Waals surface area contributed by atoms with Crippen LogP contribution in [0.5, 0.6) is 0 Å². The first kappa shape index (κ1) is 28.5. The van der Waals surface area contributed by atoms with Gasteiger partial charge in [0.25, 0.3) is 0 Å². The van der Waals surface area contributed by atoms with Crippen LogP contribution in [-0.4, -0.2) is 72.8 Å². The molecule has 0 unspecified atom stereocenters. The molecule has 0 bridgehead atoms. The van der Waals surface area contributed by atoms with E-state index in [2.05, 4.69) is 27.0 Å². The third-order valence-corrected chi connectivity index (χ3v) is 8.83. The van der Waals surface area contributed by atoms with E-state index in [1.165, 1.54) is 15.9 Å². The summed E-state index contributed by atoms with van der Waals surface area (Å²) in [5.41, 5.74) is 3.01. The molecule has 4 N–H and O–H groups in total. The van der Waals surface area contributed by atoms with Gasteiger partial charge in [0.05, 0.1) is 10.8 Å². The minimum Gasteiger partial charge on any atom is -0.480 e. The molecule has 0 saturated carbocycles. The highest BCUT2D eigenvalue weighted by Gasteiger charge is 2.41. The second-order valence-electron chi connectivity index (χ2n) is 10.1. The number of amides is 2. The monoisotopic (exact) mass is 557 g/mol. The van der Waals surface area contributed by atoms with Crippen LogP contribution in [0, 0.1) is 12.8 Å². The quantitative estimate of drug-likeness (QED) is 0.286. The summed E-state index contributed by atoms with van der Waals surface area (Å²) in [7, 11) is -3.72. The summed E-state index contributed by atoms with van der Waals surface area (Å²) in [5, 5.41) is 17.8. The molecule has 0 aliphatic carbocycles. The Hall–Kier alpha value is -3.51. The lowest BCUT2D eigenvalue weighted by Crippen LogP contribution is -2.58. The van der Waals surface area contributed by atoms with Crippen molar-refractivity contribution in [2.45, 2.75) is 56.4 Å². The maximum atomic E-state index is 12.7. The van der Waals surface area contributed by atoms with Gasteiger partial charge in [-0.25, -0.2) is 18.2 Å². The molecule has 0 spiro atoms. The molecule has 1 fully saturated rings. The van der Waals surface area contributed by atoms with E-state index in [9.17, 15) is 27.9 Å². The second-order valence-corrected chi connectivity index (χ2v) is 12.0. The Labute approximate surface area is 228 Å². The van der Waals surface area contributed by atoms with Crippen LogP contribution in [0.15, 0.2) is 41.3 Å². The van der Waals surface area contributed by atoms with Crippen LogP contribution in [-0.2, 0) is 37.2 Å². The number of pyridine rings is 1. The minimum absolute atomic E-state index is 0.0318. The molecule has 1 saturated heterocycles. The molecule has 210 valence electrons. The fraction of sp³-hybridized carbons (Fsp3) is 0.481. The van der Waals surface area contributed by atoms with Gasteiger partial charge in [-0.15, -0.1) is 0 Å². The SMILES string of the molecule is Cc1cccc(S(=O)(=O)N2CC(C(=O)N[C@H](CNC(=O)CCCCc3ccc4c(n3)NCCC4)C(=O)O)C2)c1. The first-order valence-corrected chi connectivity index (χ1v) is 14.7. The molecular formula is C27H35N5O6S. The van der Waals surface area contributed by atoms with E-state index in [1.54, 1.807) is 25.1 Å². The third-order valence-electron chi connectivity index (χ3n) is 7.00. The van der Waals surface area contributed by atoms with Crippen molar-refractivity contribution in [2.75, 3.05) is 31.5 Å². The van der Waals surface area contributed by atoms with Crippen LogP contribution >= 0.6 is 0 Å². The van der Waals surface area contributed by atoms with E-state index in [0.717, 1.165) is 49.3 Å². The molecule has 2 aliphatic rings. The number of hydrogen-bond acceptors (Lipinski definition) is 7. The summed E-state index contributed by atoms with van der Waals surface area (Å²) >= 11 is 0. The number of aryl methyl sites for hydroxylation is 3. The maximum Gasteiger partial charge on any atom is 0.328 e. The lowest BCUT2D eigenvalue weighted by molar-refractivity contribution is -0.143. The Balaban J connectivity index is 1.16. The van der Waals surface area contributed by atoms with Crippen LogP contribution in [0.4, 0.5) is 5.82 Å². The highest BCUT2D eigenvalue weighted by Crippen LogP contribution is 2.26. The number of carboxylic acid groups (broad SMARTS) is 1. The number of hydrogen-bond donors (Lipinski definition) is 4. The molecule has 0 radical (unpaired) electrons. The predicted octanol–water partition coefficient (Wildman–Crippen LogP) is 1.47. The number of aromatic nitrogens is 1. The lowest BCUT2D eigenvalue weighted by Gasteiger charge is -2.37. The van der Waals surface area contributed by atoms with Crippen LogP contribution in [0.1, 0.15) is 42.5 Å². The van der Waals surface area contributed by atoms with E-state index in [0.29, 0.717) is 6.42 Å². The first-order valence-electron chi connectivity index (χ1n) is 13.2. The van der Waals surface area contributed by atoms with Crippen LogP contribution < -0.4 is 16.0 Å². The molecule has 2 aliphatic heterocycles. The van der Waals surface area contributed by atoms with Crippen molar-refractivity contribution in [1.29, 1.82) is 0 Å². The van der Waals surface area contributed by atoms with E-state index >= 15 is 0 Å². The topological polar surface area (TPSA) is 158 Å². The summed E-state index contributed by atoms with van der Waals surface area (Å²) in [5.74, 6) is -1.84. The smallest absolute Gasteiger partial charge is 0.328 e. The molecule has 4 rings (SSSR count). The number of unbranched alkanes of at least 4 members (excludes halogenated alkanes) is 1. The van der Waals surface area contributed by atoms with Gasteiger partial charge < -0.3 is 21.1 Å². The average Bonchev–Trinajstić information content (AvgIpc) is 2.87. The van der Waals surface area contributed by atoms with Gasteiger partial charge in [0.1, 0.15) is 11.9 Å². The number of aliphatic carboxylic acids is 1. The number of carbonyl (C=O) groups excluding carboxylic acids is 2. The molecule has 39 heavy (non-hydrogen) atoms. The van der Waals surface area contributed by atoms with E-state index < -0.39 is 33.9 Å². The van der Waals surface area contributed by atoms with Crippen molar-refractivity contribution in [3.05, 3.63) is 53.2 Å². The van der Waals surface area contributed by atoms with Gasteiger partial charge in [-0.3, -0.25) is 9.59 Å². The number of fused-ring (bicyclic) bond motifs is 1. The maximum absolute atomic E-state index is 12.7. The number of carbonyl (C=O) groups is 3. The van der Waals surface area contributed by atoms with Gasteiger partial charge in [0.15, 0.2) is 0 Å². The van der Waals surface area contributed by atoms with E-state index in [4.69, 9.17) is 0 Å². The zero-order valence-corrected chi connectivity index (χ0v) is 22.8. The van der Waals surface area contributed by atoms with Crippen molar-refractivity contribution < 1.29 is 27.9 Å². The molecule has 3 heterocycles. The molecule has 2 amide bonds. The summed E-state index contributed by atoms with van der Waals surface area (Å²) in [4.78, 5) is 41.3. The van der Waals surface area contributed by atoms with Gasteiger partial charge in [-0.2, -0.15) is 4.31 Å². The number of anilines is 1. The van der Waals surface area contributed by atoms with Crippen LogP contribution in [0.2, 0.25) is 0 Å². The highest BCUT2D eigenvalue weighted by atomic mass is 32.2. The molecule has 1 aromatic heterocycles. The minimum atomic E-state index is -3.72. The lowest BCUT2D eigenvalue weighted by atomic mass is 10.0. The molecule has 12 heteroatoms. The number of nitrogens with one attached hydrogen (secondary N) is 3. The van der Waals surface area contributed by atoms with Crippen molar-refractivity contribution in [1.82, 2.24) is 19.9 Å². The van der Waals surface area contributed by atoms with Crippen molar-refractivity contribution in [2.24, 2.45) is 5.92 Å². The summed E-state index contributed by atoms with van der Waals surface area (Å²) in [6, 6.07) is 9.32. The van der Waals surface area contributed by atoms with Crippen LogP contribution in [0.25, 0.3) is 0 Å². The van der Waals surface area contributed by atoms with E-state index in [1.807, 2.05) is 6.07 Å². The normalized spacial score (nSPS) is 16.3. The fourth-order valence-electron chi connectivity index (χ4n) is 4.62. The predicted molar refractivity (Wildman–Crippen MR) is 145 cm³/mol. The zero-order chi connectivity index (χ0) is 28.0. The van der Waals surface area contributed by atoms with Gasteiger partial charge >= 0.3 is 5.97 Å². The van der Waals surface area contributed by atoms with E-state index in [-0.39, 0.29) is 36.9 Å². The standard InChI is InChI=1S/C27H35N5O6S/c1-18-6-4-9-22(14-18)39(37,38)32-16-20(17-32)26(34)31-23(27(35)36)15-29-24(33)10-3-2-8-21-12-11-19-7-5-13-28-25(19)30-21/h4,6,9,11-12,14,20,23H,2-3,5,7-8,10,13,15-17H2,1H3,(H,28,30)(H,29,33)(H,31,34)(H,35,36)/t23-/m1/s1. The molecule has 1 aromatic carbocycles. The second kappa shape index (κ2) is 12.6.